The number of hydrogen-bond acceptors (Lipinski definition) is 3. The van der Waals surface area contributed by atoms with Crippen LogP contribution in [0.4, 0.5) is 26.3 Å². The topological polar surface area (TPSA) is 24.5 Å². The van der Waals surface area contributed by atoms with Crippen LogP contribution < -0.4 is 10.1 Å². The normalized spacial score (nSPS) is 15.8. The summed E-state index contributed by atoms with van der Waals surface area (Å²) in [4.78, 5) is 1.85. The van der Waals surface area contributed by atoms with E-state index in [0.29, 0.717) is 37.8 Å². The molecule has 0 aromatic heterocycles. The van der Waals surface area contributed by atoms with Crippen molar-refractivity contribution in [1.82, 2.24) is 10.2 Å². The van der Waals surface area contributed by atoms with Crippen LogP contribution in [0, 0.1) is 17.5 Å². The van der Waals surface area contributed by atoms with Gasteiger partial charge in [0.25, 0.3) is 0 Å². The molecule has 2 aromatic carbocycles. The molecule has 1 heterocycles. The summed E-state index contributed by atoms with van der Waals surface area (Å²) < 4.78 is 82.3. The average molecular weight is 463 g/mol. The van der Waals surface area contributed by atoms with Crippen LogP contribution in [0.5, 0.6) is 5.75 Å². The quantitative estimate of drug-likeness (QED) is 0.519. The molecule has 29 heavy (non-hydrogen) atoms. The molecule has 0 saturated carbocycles. The Morgan fingerprint density at radius 3 is 1.97 bits per heavy atom. The molecule has 1 atom stereocenters. The second-order valence-corrected chi connectivity index (χ2v) is 6.09. The predicted octanol–water partition coefficient (Wildman–Crippen LogP) is 4.84. The van der Waals surface area contributed by atoms with Crippen LogP contribution in [0.15, 0.2) is 36.4 Å². The minimum absolute atomic E-state index is 0. The number of nitrogens with zero attached hydrogens (tertiary/aromatic N) is 1. The zero-order valence-electron chi connectivity index (χ0n) is 14.8. The lowest BCUT2D eigenvalue weighted by atomic mass is 9.95. The van der Waals surface area contributed by atoms with Gasteiger partial charge in [0, 0.05) is 37.8 Å². The van der Waals surface area contributed by atoms with E-state index in [9.17, 15) is 26.3 Å². The Kier molecular flexibility index (Phi) is 9.08. The van der Waals surface area contributed by atoms with Crippen LogP contribution >= 0.6 is 24.8 Å². The summed E-state index contributed by atoms with van der Waals surface area (Å²) in [6.07, 6.45) is -4.83. The van der Waals surface area contributed by atoms with E-state index in [1.165, 1.54) is 12.1 Å². The molecule has 0 radical (unpaired) electrons. The summed E-state index contributed by atoms with van der Waals surface area (Å²) in [5.74, 6) is -3.84. The third-order valence-corrected chi connectivity index (χ3v) is 4.28. The largest absolute Gasteiger partial charge is 0.573 e. The van der Waals surface area contributed by atoms with Crippen molar-refractivity contribution < 1.29 is 31.1 Å². The summed E-state index contributed by atoms with van der Waals surface area (Å²) >= 11 is 0. The number of rotatable bonds is 4. The molecule has 1 N–H and O–H groups in total. The maximum absolute atomic E-state index is 14.4. The molecule has 3 rings (SSSR count). The Bertz CT molecular complexity index is 798. The predicted molar refractivity (Wildman–Crippen MR) is 100 cm³/mol. The van der Waals surface area contributed by atoms with Crippen molar-refractivity contribution in [2.24, 2.45) is 0 Å². The second-order valence-electron chi connectivity index (χ2n) is 6.09. The van der Waals surface area contributed by atoms with Gasteiger partial charge in [-0.1, -0.05) is 12.1 Å². The van der Waals surface area contributed by atoms with Gasteiger partial charge in [-0.3, -0.25) is 4.90 Å². The first kappa shape index (κ1) is 25.4. The van der Waals surface area contributed by atoms with Gasteiger partial charge in [0.1, 0.15) is 11.6 Å². The van der Waals surface area contributed by atoms with Gasteiger partial charge < -0.3 is 10.1 Å². The Hall–Kier alpha value is -1.68. The van der Waals surface area contributed by atoms with Gasteiger partial charge in [0.05, 0.1) is 6.04 Å². The lowest BCUT2D eigenvalue weighted by Crippen LogP contribution is -2.45. The summed E-state index contributed by atoms with van der Waals surface area (Å²) in [5.41, 5.74) is 0.358. The van der Waals surface area contributed by atoms with Gasteiger partial charge in [-0.05, 0) is 23.8 Å². The Morgan fingerprint density at radius 1 is 0.862 bits per heavy atom. The Balaban J connectivity index is 0.00000210. The number of alkyl halides is 3. The van der Waals surface area contributed by atoms with E-state index in [2.05, 4.69) is 10.1 Å². The molecule has 0 aliphatic carbocycles. The highest BCUT2D eigenvalue weighted by molar-refractivity contribution is 5.85. The summed E-state index contributed by atoms with van der Waals surface area (Å²) in [7, 11) is 0. The third kappa shape index (κ3) is 6.40. The summed E-state index contributed by atoms with van der Waals surface area (Å²) in [5, 5.41) is 3.13. The smallest absolute Gasteiger partial charge is 0.406 e. The fraction of sp³-hybridized carbons (Fsp3) is 0.333. The van der Waals surface area contributed by atoms with Crippen LogP contribution in [0.1, 0.15) is 17.2 Å². The zero-order valence-corrected chi connectivity index (χ0v) is 16.4. The van der Waals surface area contributed by atoms with Gasteiger partial charge in [-0.15, -0.1) is 38.0 Å². The zero-order chi connectivity index (χ0) is 19.6. The van der Waals surface area contributed by atoms with Gasteiger partial charge in [0.15, 0.2) is 11.6 Å². The van der Waals surface area contributed by atoms with E-state index in [1.807, 2.05) is 4.90 Å². The number of halogens is 8. The molecule has 0 unspecified atom stereocenters. The Morgan fingerprint density at radius 2 is 1.41 bits per heavy atom. The van der Waals surface area contributed by atoms with Gasteiger partial charge in [-0.25, -0.2) is 13.2 Å². The van der Waals surface area contributed by atoms with Crippen molar-refractivity contribution in [2.75, 3.05) is 26.2 Å². The first-order chi connectivity index (χ1) is 12.7. The van der Waals surface area contributed by atoms with Crippen molar-refractivity contribution in [1.29, 1.82) is 0 Å². The molecule has 1 fully saturated rings. The van der Waals surface area contributed by atoms with Crippen LogP contribution in [0.3, 0.4) is 0 Å². The minimum Gasteiger partial charge on any atom is -0.406 e. The van der Waals surface area contributed by atoms with Crippen molar-refractivity contribution >= 4 is 24.8 Å². The van der Waals surface area contributed by atoms with E-state index >= 15 is 0 Å². The third-order valence-electron chi connectivity index (χ3n) is 4.28. The molecule has 0 amide bonds. The lowest BCUT2D eigenvalue weighted by molar-refractivity contribution is -0.274. The summed E-state index contributed by atoms with van der Waals surface area (Å²) in [6.45, 7) is 2.22. The molecule has 11 heteroatoms. The van der Waals surface area contributed by atoms with Crippen LogP contribution in [-0.4, -0.2) is 37.4 Å². The molecular formula is C18H18Cl2F6N2O. The van der Waals surface area contributed by atoms with Gasteiger partial charge in [-0.2, -0.15) is 0 Å². The van der Waals surface area contributed by atoms with Crippen molar-refractivity contribution in [3.63, 3.8) is 0 Å². The molecule has 3 nitrogen and oxygen atoms in total. The van der Waals surface area contributed by atoms with E-state index in [1.54, 1.807) is 0 Å². The maximum Gasteiger partial charge on any atom is 0.573 e. The Labute approximate surface area is 175 Å². The number of ether oxygens (including phenoxy) is 1. The molecule has 1 saturated heterocycles. The first-order valence-electron chi connectivity index (χ1n) is 8.19. The standard InChI is InChI=1S/C18H16F6N2O.2ClH/c19-14-10-16(21)15(20)9-13(14)17(26-7-5-25-6-8-26)11-1-3-12(4-2-11)27-18(22,23)24;;/h1-4,9-10,17,25H,5-8H2;2*1H/t17-;;/m1../s1. The molecule has 162 valence electrons. The molecule has 0 bridgehead atoms. The van der Waals surface area contributed by atoms with Crippen LogP contribution in [0.2, 0.25) is 0 Å². The molecular weight excluding hydrogens is 445 g/mol. The van der Waals surface area contributed by atoms with E-state index < -0.39 is 35.6 Å². The van der Waals surface area contributed by atoms with Crippen LogP contribution in [0.25, 0.3) is 0 Å². The average Bonchev–Trinajstić information content (AvgIpc) is 2.61. The summed E-state index contributed by atoms with van der Waals surface area (Å²) in [6, 6.07) is 5.41. The lowest BCUT2D eigenvalue weighted by Gasteiger charge is -2.35. The monoisotopic (exact) mass is 462 g/mol. The molecule has 1 aliphatic heterocycles. The number of piperazine rings is 1. The van der Waals surface area contributed by atoms with Crippen molar-refractivity contribution in [2.45, 2.75) is 12.4 Å². The highest BCUT2D eigenvalue weighted by Crippen LogP contribution is 2.33. The van der Waals surface area contributed by atoms with E-state index in [-0.39, 0.29) is 30.4 Å². The van der Waals surface area contributed by atoms with Crippen molar-refractivity contribution in [3.05, 3.63) is 65.0 Å². The SMILES string of the molecule is Cl.Cl.Fc1cc(F)c([C@@H](c2ccc(OC(F)(F)F)cc2)N2CCNCC2)cc1F. The van der Waals surface area contributed by atoms with Crippen LogP contribution in [-0.2, 0) is 0 Å². The maximum atomic E-state index is 14.4. The number of benzene rings is 2. The molecule has 2 aromatic rings. The van der Waals surface area contributed by atoms with Gasteiger partial charge in [0.2, 0.25) is 0 Å². The van der Waals surface area contributed by atoms with Gasteiger partial charge >= 0.3 is 6.36 Å². The highest BCUT2D eigenvalue weighted by atomic mass is 35.5. The highest BCUT2D eigenvalue weighted by Gasteiger charge is 2.32. The van der Waals surface area contributed by atoms with Crippen molar-refractivity contribution in [3.8, 4) is 5.75 Å². The minimum atomic E-state index is -4.83. The fourth-order valence-electron chi connectivity index (χ4n) is 3.13. The fourth-order valence-corrected chi connectivity index (χ4v) is 3.13. The number of nitrogens with one attached hydrogen (secondary N) is 1. The van der Waals surface area contributed by atoms with E-state index in [4.69, 9.17) is 0 Å². The molecule has 1 aliphatic rings. The second kappa shape index (κ2) is 10.4. The number of hydrogen-bond donors (Lipinski definition) is 1. The molecule has 0 spiro atoms. The first-order valence-corrected chi connectivity index (χ1v) is 8.19. The van der Waals surface area contributed by atoms with E-state index in [0.717, 1.165) is 18.2 Å².